The lowest BCUT2D eigenvalue weighted by Crippen LogP contribution is -2.34. The third kappa shape index (κ3) is 5.77. The molecule has 0 aromatic heterocycles. The summed E-state index contributed by atoms with van der Waals surface area (Å²) >= 11 is 7.39. The number of hydrogen-bond acceptors (Lipinski definition) is 3. The van der Waals surface area contributed by atoms with E-state index in [0.29, 0.717) is 16.8 Å². The van der Waals surface area contributed by atoms with Crippen LogP contribution in [0.15, 0.2) is 42.5 Å². The van der Waals surface area contributed by atoms with Crippen LogP contribution in [0.2, 0.25) is 0 Å². The van der Waals surface area contributed by atoms with Gasteiger partial charge >= 0.3 is 0 Å². The molecular weight excluding hydrogens is 461 g/mol. The van der Waals surface area contributed by atoms with E-state index in [9.17, 15) is 9.59 Å². The van der Waals surface area contributed by atoms with Crippen LogP contribution in [0, 0.1) is 10.5 Å². The van der Waals surface area contributed by atoms with Crippen LogP contribution in [-0.4, -0.2) is 23.0 Å². The SMILES string of the molecule is Cc1ccc(C(=O)NC(=S)Nc2cccc(C(=O)NC(C)C)c2)cc1I. The third-order valence-corrected chi connectivity index (χ3v) is 4.83. The van der Waals surface area contributed by atoms with Crippen molar-refractivity contribution in [1.29, 1.82) is 0 Å². The highest BCUT2D eigenvalue weighted by Crippen LogP contribution is 2.14. The van der Waals surface area contributed by atoms with Gasteiger partial charge in [-0.2, -0.15) is 0 Å². The Morgan fingerprint density at radius 1 is 1.04 bits per heavy atom. The molecule has 0 heterocycles. The fraction of sp³-hybridized carbons (Fsp3) is 0.211. The van der Waals surface area contributed by atoms with Crippen molar-refractivity contribution in [3.63, 3.8) is 0 Å². The van der Waals surface area contributed by atoms with E-state index in [2.05, 4.69) is 38.5 Å². The number of aryl methyl sites for hydroxylation is 1. The van der Waals surface area contributed by atoms with E-state index in [1.54, 1.807) is 30.3 Å². The van der Waals surface area contributed by atoms with Gasteiger partial charge in [-0.3, -0.25) is 14.9 Å². The van der Waals surface area contributed by atoms with Crippen LogP contribution in [0.4, 0.5) is 5.69 Å². The lowest BCUT2D eigenvalue weighted by atomic mass is 10.1. The number of benzene rings is 2. The maximum absolute atomic E-state index is 12.3. The average Bonchev–Trinajstić information content (AvgIpc) is 2.56. The second-order valence-corrected chi connectivity index (χ2v) is 7.65. The number of carbonyl (C=O) groups is 2. The highest BCUT2D eigenvalue weighted by molar-refractivity contribution is 14.1. The summed E-state index contributed by atoms with van der Waals surface area (Å²) in [7, 11) is 0. The average molecular weight is 481 g/mol. The van der Waals surface area contributed by atoms with E-state index in [-0.39, 0.29) is 23.0 Å². The van der Waals surface area contributed by atoms with Gasteiger partial charge in [-0.25, -0.2) is 0 Å². The lowest BCUT2D eigenvalue weighted by Gasteiger charge is -2.12. The molecule has 7 heteroatoms. The second-order valence-electron chi connectivity index (χ2n) is 6.08. The standard InChI is InChI=1S/C19H20IN3O2S/c1-11(2)21-17(24)13-5-4-6-15(9-13)22-19(26)23-18(25)14-8-7-12(3)16(20)10-14/h4-11H,1-3H3,(H,21,24)(H2,22,23,25,26). The molecule has 0 aliphatic rings. The molecule has 0 saturated carbocycles. The number of carbonyl (C=O) groups excluding carboxylic acids is 2. The Hall–Kier alpha value is -2.00. The van der Waals surface area contributed by atoms with E-state index in [1.807, 2.05) is 32.9 Å². The van der Waals surface area contributed by atoms with Crippen molar-refractivity contribution in [3.05, 3.63) is 62.7 Å². The molecule has 0 aliphatic heterocycles. The van der Waals surface area contributed by atoms with Crippen LogP contribution in [0.3, 0.4) is 0 Å². The first-order valence-corrected chi connectivity index (χ1v) is 9.54. The van der Waals surface area contributed by atoms with Crippen LogP contribution in [0.5, 0.6) is 0 Å². The summed E-state index contributed by atoms with van der Waals surface area (Å²) in [5.41, 5.74) is 2.80. The molecule has 0 bridgehead atoms. The van der Waals surface area contributed by atoms with E-state index in [0.717, 1.165) is 9.13 Å². The topological polar surface area (TPSA) is 70.2 Å². The lowest BCUT2D eigenvalue weighted by molar-refractivity contribution is 0.0941. The Morgan fingerprint density at radius 3 is 2.38 bits per heavy atom. The molecular formula is C19H20IN3O2S. The number of thiocarbonyl (C=S) groups is 1. The monoisotopic (exact) mass is 481 g/mol. The van der Waals surface area contributed by atoms with Gasteiger partial charge in [0.05, 0.1) is 0 Å². The predicted molar refractivity (Wildman–Crippen MR) is 117 cm³/mol. The van der Waals surface area contributed by atoms with Crippen molar-refractivity contribution in [2.75, 3.05) is 5.32 Å². The van der Waals surface area contributed by atoms with Crippen LogP contribution >= 0.6 is 34.8 Å². The van der Waals surface area contributed by atoms with Gasteiger partial charge in [0, 0.05) is 26.4 Å². The predicted octanol–water partition coefficient (Wildman–Crippen LogP) is 3.86. The van der Waals surface area contributed by atoms with E-state index >= 15 is 0 Å². The second kappa shape index (κ2) is 9.09. The molecule has 5 nitrogen and oxygen atoms in total. The minimum atomic E-state index is -0.283. The molecule has 136 valence electrons. The fourth-order valence-electron chi connectivity index (χ4n) is 2.16. The molecule has 0 atom stereocenters. The van der Waals surface area contributed by atoms with Crippen molar-refractivity contribution in [2.45, 2.75) is 26.8 Å². The molecule has 2 amide bonds. The smallest absolute Gasteiger partial charge is 0.257 e. The summed E-state index contributed by atoms with van der Waals surface area (Å²) in [6, 6.07) is 12.4. The number of amides is 2. The van der Waals surface area contributed by atoms with Gasteiger partial charge in [0.1, 0.15) is 0 Å². The molecule has 26 heavy (non-hydrogen) atoms. The summed E-state index contributed by atoms with van der Waals surface area (Å²) in [5.74, 6) is -0.443. The highest BCUT2D eigenvalue weighted by atomic mass is 127. The highest BCUT2D eigenvalue weighted by Gasteiger charge is 2.11. The van der Waals surface area contributed by atoms with Crippen molar-refractivity contribution in [2.24, 2.45) is 0 Å². The first-order valence-electron chi connectivity index (χ1n) is 8.05. The Morgan fingerprint density at radius 2 is 1.73 bits per heavy atom. The molecule has 0 fully saturated rings. The summed E-state index contributed by atoms with van der Waals surface area (Å²) < 4.78 is 1.01. The minimum absolute atomic E-state index is 0.0526. The van der Waals surface area contributed by atoms with Crippen molar-refractivity contribution >= 4 is 57.4 Å². The molecule has 2 aromatic rings. The number of hydrogen-bond donors (Lipinski definition) is 3. The van der Waals surface area contributed by atoms with Gasteiger partial charge in [0.15, 0.2) is 5.11 Å². The maximum atomic E-state index is 12.3. The third-order valence-electron chi connectivity index (χ3n) is 3.46. The Bertz CT molecular complexity index is 852. The summed E-state index contributed by atoms with van der Waals surface area (Å²) in [4.78, 5) is 24.4. The van der Waals surface area contributed by atoms with E-state index in [1.165, 1.54) is 0 Å². The Kier molecular flexibility index (Phi) is 7.10. The molecule has 3 N–H and O–H groups in total. The summed E-state index contributed by atoms with van der Waals surface area (Å²) in [5, 5.41) is 8.59. The Balaban J connectivity index is 2.02. The number of nitrogens with one attached hydrogen (secondary N) is 3. The number of halogens is 1. The van der Waals surface area contributed by atoms with Gasteiger partial charge < -0.3 is 10.6 Å². The van der Waals surface area contributed by atoms with E-state index < -0.39 is 0 Å². The summed E-state index contributed by atoms with van der Waals surface area (Å²) in [6.45, 7) is 5.78. The largest absolute Gasteiger partial charge is 0.350 e. The van der Waals surface area contributed by atoms with Crippen molar-refractivity contribution < 1.29 is 9.59 Å². The number of rotatable bonds is 4. The molecule has 2 rings (SSSR count). The zero-order valence-electron chi connectivity index (χ0n) is 14.7. The van der Waals surface area contributed by atoms with Gasteiger partial charge in [-0.05, 0) is 91.5 Å². The number of anilines is 1. The Labute approximate surface area is 172 Å². The zero-order chi connectivity index (χ0) is 19.3. The quantitative estimate of drug-likeness (QED) is 0.458. The van der Waals surface area contributed by atoms with Gasteiger partial charge in [0.2, 0.25) is 0 Å². The molecule has 0 unspecified atom stereocenters. The van der Waals surface area contributed by atoms with Gasteiger partial charge in [-0.1, -0.05) is 12.1 Å². The normalized spacial score (nSPS) is 10.3. The van der Waals surface area contributed by atoms with Crippen molar-refractivity contribution in [3.8, 4) is 0 Å². The van der Waals surface area contributed by atoms with Crippen LogP contribution < -0.4 is 16.0 Å². The molecule has 0 radical (unpaired) electrons. The van der Waals surface area contributed by atoms with Gasteiger partial charge in [0.25, 0.3) is 11.8 Å². The molecule has 2 aromatic carbocycles. The fourth-order valence-corrected chi connectivity index (χ4v) is 2.88. The first kappa shape index (κ1) is 20.3. The molecule has 0 saturated heterocycles. The molecule has 0 spiro atoms. The van der Waals surface area contributed by atoms with Crippen molar-refractivity contribution in [1.82, 2.24) is 10.6 Å². The van der Waals surface area contributed by atoms with Gasteiger partial charge in [-0.15, -0.1) is 0 Å². The van der Waals surface area contributed by atoms with E-state index in [4.69, 9.17) is 12.2 Å². The minimum Gasteiger partial charge on any atom is -0.350 e. The summed E-state index contributed by atoms with van der Waals surface area (Å²) in [6.07, 6.45) is 0. The zero-order valence-corrected chi connectivity index (χ0v) is 17.7. The van der Waals surface area contributed by atoms with Crippen LogP contribution in [0.25, 0.3) is 0 Å². The van der Waals surface area contributed by atoms with Crippen LogP contribution in [-0.2, 0) is 0 Å². The maximum Gasteiger partial charge on any atom is 0.257 e. The van der Waals surface area contributed by atoms with Crippen LogP contribution in [0.1, 0.15) is 40.1 Å². The molecule has 0 aliphatic carbocycles. The first-order chi connectivity index (χ1) is 12.3.